The lowest BCUT2D eigenvalue weighted by atomic mass is 10.0. The van der Waals surface area contributed by atoms with Crippen LogP contribution in [0, 0.1) is 5.41 Å². The van der Waals surface area contributed by atoms with Crippen molar-refractivity contribution >= 4 is 68.6 Å². The third kappa shape index (κ3) is 4.03. The summed E-state index contributed by atoms with van der Waals surface area (Å²) in [4.78, 5) is 54.1. The maximum atomic E-state index is 12.7. The first kappa shape index (κ1) is 22.1. The molecule has 2 aromatic heterocycles. The number of carboxylic acid groups (broad SMARTS) is 1. The number of fused-ring (bicyclic) bond motifs is 1. The molecule has 32 heavy (non-hydrogen) atoms. The van der Waals surface area contributed by atoms with Crippen molar-refractivity contribution in [3.63, 3.8) is 0 Å². The second-order valence-corrected chi connectivity index (χ2v) is 9.56. The number of aliphatic carboxylic acids is 1. The molecule has 2 unspecified atom stereocenters. The fourth-order valence-electron chi connectivity index (χ4n) is 3.15. The van der Waals surface area contributed by atoms with Crippen LogP contribution >= 0.6 is 34.9 Å². The van der Waals surface area contributed by atoms with Crippen molar-refractivity contribution in [2.75, 3.05) is 17.2 Å². The molecule has 0 bridgehead atoms. The fourth-order valence-corrected chi connectivity index (χ4v) is 5.98. The van der Waals surface area contributed by atoms with Gasteiger partial charge in [-0.15, -0.1) is 23.1 Å². The Bertz CT molecular complexity index is 1160. The standard InChI is InChI=1S/C18H15N5O6S3/c19-10(8-6-32-18(20)21-8)13(24)22-11-14(25)23-12(16(26)27)7(4-30-15(11)23)5-31-17(28)9-2-1-3-29-9/h1-3,6,11,15,19H,4-5H2,(H2,20,21)(H,22,24)(H,26,27). The lowest BCUT2D eigenvalue weighted by molar-refractivity contribution is -0.150. The maximum Gasteiger partial charge on any atom is 0.352 e. The lowest BCUT2D eigenvalue weighted by Crippen LogP contribution is -2.71. The molecule has 4 heterocycles. The van der Waals surface area contributed by atoms with Gasteiger partial charge < -0.3 is 20.6 Å². The minimum Gasteiger partial charge on any atom is -0.477 e. The molecule has 2 atom stereocenters. The van der Waals surface area contributed by atoms with Gasteiger partial charge in [0.2, 0.25) is 0 Å². The van der Waals surface area contributed by atoms with Gasteiger partial charge in [0.15, 0.2) is 10.9 Å². The summed E-state index contributed by atoms with van der Waals surface area (Å²) >= 11 is 3.24. The van der Waals surface area contributed by atoms with Gasteiger partial charge in [-0.1, -0.05) is 11.8 Å². The van der Waals surface area contributed by atoms with Crippen LogP contribution in [-0.2, 0) is 14.4 Å². The highest BCUT2D eigenvalue weighted by molar-refractivity contribution is 8.14. The number of nitrogens with one attached hydrogen (secondary N) is 2. The molecule has 2 amide bonds. The predicted octanol–water partition coefficient (Wildman–Crippen LogP) is 0.998. The Labute approximate surface area is 192 Å². The molecule has 166 valence electrons. The SMILES string of the molecule is N=C(C(=O)NC1C(=O)N2C(C(=O)O)=C(CSC(=O)c3ccco3)CSC12)c1csc(N)n1. The van der Waals surface area contributed by atoms with Crippen molar-refractivity contribution in [2.24, 2.45) is 0 Å². The number of anilines is 1. The summed E-state index contributed by atoms with van der Waals surface area (Å²) in [5.74, 6) is -2.20. The average molecular weight is 494 g/mol. The largest absolute Gasteiger partial charge is 0.477 e. The van der Waals surface area contributed by atoms with Gasteiger partial charge in [-0.3, -0.25) is 24.7 Å². The molecule has 0 saturated carbocycles. The van der Waals surface area contributed by atoms with Gasteiger partial charge in [-0.2, -0.15) is 0 Å². The number of rotatable bonds is 7. The minimum absolute atomic E-state index is 0.0809. The van der Waals surface area contributed by atoms with E-state index in [0.29, 0.717) is 5.57 Å². The molecule has 4 rings (SSSR count). The van der Waals surface area contributed by atoms with Gasteiger partial charge in [0, 0.05) is 16.9 Å². The summed E-state index contributed by atoms with van der Waals surface area (Å²) in [6.45, 7) is 0. The van der Waals surface area contributed by atoms with Crippen molar-refractivity contribution in [3.8, 4) is 0 Å². The molecule has 0 aliphatic carbocycles. The van der Waals surface area contributed by atoms with Gasteiger partial charge in [0.1, 0.15) is 28.5 Å². The number of nitrogen functional groups attached to an aromatic ring is 1. The quantitative estimate of drug-likeness (QED) is 0.321. The summed E-state index contributed by atoms with van der Waals surface area (Å²) < 4.78 is 5.04. The second kappa shape index (κ2) is 8.80. The normalized spacial score (nSPS) is 19.9. The number of nitrogens with two attached hydrogens (primary N) is 1. The van der Waals surface area contributed by atoms with Crippen LogP contribution in [0.5, 0.6) is 0 Å². The zero-order chi connectivity index (χ0) is 23.0. The number of amides is 2. The summed E-state index contributed by atoms with van der Waals surface area (Å²) in [5.41, 5.74) is 5.41. The number of β-lactam (4-membered cyclic amide) rings is 1. The van der Waals surface area contributed by atoms with Crippen LogP contribution in [0.2, 0.25) is 0 Å². The van der Waals surface area contributed by atoms with Crippen molar-refractivity contribution in [2.45, 2.75) is 11.4 Å². The smallest absolute Gasteiger partial charge is 0.352 e. The molecule has 1 fully saturated rings. The monoisotopic (exact) mass is 493 g/mol. The van der Waals surface area contributed by atoms with E-state index in [1.807, 2.05) is 0 Å². The van der Waals surface area contributed by atoms with E-state index in [9.17, 15) is 24.3 Å². The third-order valence-corrected chi connectivity index (χ3v) is 7.61. The van der Waals surface area contributed by atoms with Gasteiger partial charge in [-0.05, 0) is 17.7 Å². The van der Waals surface area contributed by atoms with Crippen LogP contribution in [0.1, 0.15) is 16.2 Å². The summed E-state index contributed by atoms with van der Waals surface area (Å²) in [7, 11) is 0. The highest BCUT2D eigenvalue weighted by atomic mass is 32.2. The van der Waals surface area contributed by atoms with Gasteiger partial charge in [0.25, 0.3) is 16.9 Å². The van der Waals surface area contributed by atoms with Crippen LogP contribution in [0.15, 0.2) is 39.5 Å². The van der Waals surface area contributed by atoms with Gasteiger partial charge >= 0.3 is 5.97 Å². The Morgan fingerprint density at radius 2 is 2.22 bits per heavy atom. The number of furan rings is 1. The van der Waals surface area contributed by atoms with E-state index in [4.69, 9.17) is 15.6 Å². The van der Waals surface area contributed by atoms with Gasteiger partial charge in [0.05, 0.1) is 6.26 Å². The number of nitrogens with zero attached hydrogens (tertiary/aromatic N) is 2. The highest BCUT2D eigenvalue weighted by Crippen LogP contribution is 2.41. The van der Waals surface area contributed by atoms with Crippen LogP contribution in [0.4, 0.5) is 5.13 Å². The number of aromatic nitrogens is 1. The summed E-state index contributed by atoms with van der Waals surface area (Å²) in [5, 5.41) is 20.8. The number of hydrogen-bond acceptors (Lipinski definition) is 11. The van der Waals surface area contributed by atoms with Gasteiger partial charge in [-0.25, -0.2) is 9.78 Å². The fraction of sp³-hybridized carbons (Fsp3) is 0.222. The third-order valence-electron chi connectivity index (χ3n) is 4.64. The zero-order valence-corrected chi connectivity index (χ0v) is 18.5. The first-order chi connectivity index (χ1) is 15.3. The first-order valence-corrected chi connectivity index (χ1v) is 11.9. The number of hydrogen-bond donors (Lipinski definition) is 4. The predicted molar refractivity (Wildman–Crippen MR) is 119 cm³/mol. The molecule has 2 aromatic rings. The van der Waals surface area contributed by atoms with E-state index in [1.54, 1.807) is 6.07 Å². The van der Waals surface area contributed by atoms with Crippen LogP contribution in [0.3, 0.4) is 0 Å². The van der Waals surface area contributed by atoms with E-state index in [0.717, 1.165) is 28.0 Å². The molecule has 5 N–H and O–H groups in total. The molecule has 0 radical (unpaired) electrons. The van der Waals surface area contributed by atoms with E-state index >= 15 is 0 Å². The van der Waals surface area contributed by atoms with Crippen LogP contribution < -0.4 is 11.1 Å². The topological polar surface area (TPSA) is 180 Å². The van der Waals surface area contributed by atoms with E-state index < -0.39 is 34.9 Å². The molecule has 0 spiro atoms. The Kier molecular flexibility index (Phi) is 6.08. The van der Waals surface area contributed by atoms with E-state index in [-0.39, 0.29) is 38.9 Å². The summed E-state index contributed by atoms with van der Waals surface area (Å²) in [6, 6.07) is 2.11. The second-order valence-electron chi connectivity index (χ2n) is 6.62. The zero-order valence-electron chi connectivity index (χ0n) is 16.1. The maximum absolute atomic E-state index is 12.7. The average Bonchev–Trinajstić information content (AvgIpc) is 3.46. The Balaban J connectivity index is 1.44. The lowest BCUT2D eigenvalue weighted by Gasteiger charge is -2.49. The molecular formula is C18H15N5O6S3. The first-order valence-electron chi connectivity index (χ1n) is 8.99. The Hall–Kier alpha value is -3.10. The van der Waals surface area contributed by atoms with Crippen LogP contribution in [-0.4, -0.2) is 66.5 Å². The van der Waals surface area contributed by atoms with Crippen LogP contribution in [0.25, 0.3) is 0 Å². The number of carbonyl (C=O) groups excluding carboxylic acids is 3. The Morgan fingerprint density at radius 3 is 2.84 bits per heavy atom. The molecule has 14 heteroatoms. The van der Waals surface area contributed by atoms with Crippen molar-refractivity contribution in [3.05, 3.63) is 46.5 Å². The minimum atomic E-state index is -1.29. The molecule has 2 aliphatic heterocycles. The highest BCUT2D eigenvalue weighted by Gasteiger charge is 2.54. The van der Waals surface area contributed by atoms with Crippen molar-refractivity contribution < 1.29 is 28.7 Å². The van der Waals surface area contributed by atoms with Crippen molar-refractivity contribution in [1.29, 1.82) is 5.41 Å². The Morgan fingerprint density at radius 1 is 1.44 bits per heavy atom. The molecule has 11 nitrogen and oxygen atoms in total. The molecule has 1 saturated heterocycles. The molecule has 0 aromatic carbocycles. The molecular weight excluding hydrogens is 478 g/mol. The number of thiazole rings is 1. The molecule has 2 aliphatic rings. The number of carboxylic acids is 1. The van der Waals surface area contributed by atoms with E-state index in [1.165, 1.54) is 29.5 Å². The summed E-state index contributed by atoms with van der Waals surface area (Å²) in [6.07, 6.45) is 1.37. The van der Waals surface area contributed by atoms with E-state index in [2.05, 4.69) is 10.3 Å². The number of thioether (sulfide) groups is 2. The number of carbonyl (C=O) groups is 4. The van der Waals surface area contributed by atoms with Crippen molar-refractivity contribution in [1.82, 2.24) is 15.2 Å².